The van der Waals surface area contributed by atoms with Gasteiger partial charge in [-0.1, -0.05) is 31.2 Å². The molecular formula is C27H30F2N2O3. The molecule has 2 aromatic carbocycles. The average molecular weight is 469 g/mol. The lowest BCUT2D eigenvalue weighted by Gasteiger charge is -2.32. The summed E-state index contributed by atoms with van der Waals surface area (Å²) < 4.78 is 33.8. The Kier molecular flexibility index (Phi) is 7.29. The first-order chi connectivity index (χ1) is 16.4. The molecule has 2 heterocycles. The molecule has 0 aliphatic carbocycles. The smallest absolute Gasteiger partial charge is 0.310 e. The van der Waals surface area contributed by atoms with Crippen molar-refractivity contribution < 1.29 is 23.1 Å². The van der Waals surface area contributed by atoms with E-state index >= 15 is 0 Å². The van der Waals surface area contributed by atoms with Gasteiger partial charge in [-0.05, 0) is 48.9 Å². The number of benzene rings is 2. The van der Waals surface area contributed by atoms with Crippen molar-refractivity contribution in [3.05, 3.63) is 70.9 Å². The summed E-state index contributed by atoms with van der Waals surface area (Å²) in [4.78, 5) is 30.6. The van der Waals surface area contributed by atoms with Gasteiger partial charge in [-0.3, -0.25) is 9.59 Å². The number of carbonyl (C=O) groups excluding carboxylic acids is 2. The molecule has 34 heavy (non-hydrogen) atoms. The lowest BCUT2D eigenvalue weighted by atomic mass is 9.86. The maximum atomic E-state index is 14.9. The van der Waals surface area contributed by atoms with Gasteiger partial charge in [0.25, 0.3) is 0 Å². The predicted molar refractivity (Wildman–Crippen MR) is 126 cm³/mol. The van der Waals surface area contributed by atoms with Crippen molar-refractivity contribution in [3.63, 3.8) is 0 Å². The fourth-order valence-electron chi connectivity index (χ4n) is 4.95. The van der Waals surface area contributed by atoms with E-state index in [1.165, 1.54) is 12.1 Å². The number of aromatic nitrogens is 1. The number of hydrogen-bond donors (Lipinski definition) is 1. The number of carbonyl (C=O) groups is 2. The summed E-state index contributed by atoms with van der Waals surface area (Å²) in [7, 11) is 0. The quantitative estimate of drug-likeness (QED) is 0.477. The Labute approximate surface area is 198 Å². The van der Waals surface area contributed by atoms with E-state index in [-0.39, 0.29) is 29.8 Å². The third kappa shape index (κ3) is 4.83. The molecule has 1 fully saturated rings. The van der Waals surface area contributed by atoms with E-state index in [0.29, 0.717) is 32.5 Å². The molecule has 0 spiro atoms. The topological polar surface area (TPSA) is 62.4 Å². The number of likely N-dealkylation sites (tertiary alicyclic amines) is 1. The zero-order valence-corrected chi connectivity index (χ0v) is 19.6. The molecule has 0 unspecified atom stereocenters. The van der Waals surface area contributed by atoms with Crippen molar-refractivity contribution in [2.24, 2.45) is 5.92 Å². The molecular weight excluding hydrogens is 438 g/mol. The molecule has 1 N–H and O–H groups in total. The normalized spacial score (nSPS) is 17.1. The number of amides is 1. The number of rotatable bonds is 7. The van der Waals surface area contributed by atoms with Crippen LogP contribution in [-0.2, 0) is 20.7 Å². The first-order valence-corrected chi connectivity index (χ1v) is 11.9. The third-order valence-electron chi connectivity index (χ3n) is 6.70. The van der Waals surface area contributed by atoms with Crippen LogP contribution in [0.3, 0.4) is 0 Å². The van der Waals surface area contributed by atoms with Gasteiger partial charge in [0.15, 0.2) is 0 Å². The third-order valence-corrected chi connectivity index (χ3v) is 6.70. The van der Waals surface area contributed by atoms with Gasteiger partial charge in [0, 0.05) is 48.6 Å². The van der Waals surface area contributed by atoms with Crippen LogP contribution in [0.15, 0.2) is 42.6 Å². The van der Waals surface area contributed by atoms with Crippen molar-refractivity contribution in [1.29, 1.82) is 0 Å². The van der Waals surface area contributed by atoms with Gasteiger partial charge in [0.1, 0.15) is 11.6 Å². The van der Waals surface area contributed by atoms with E-state index in [1.807, 2.05) is 24.4 Å². The summed E-state index contributed by atoms with van der Waals surface area (Å²) in [6, 6.07) is 9.44. The van der Waals surface area contributed by atoms with Crippen LogP contribution in [-0.4, -0.2) is 41.5 Å². The maximum absolute atomic E-state index is 14.9. The van der Waals surface area contributed by atoms with E-state index < -0.39 is 17.6 Å². The van der Waals surface area contributed by atoms with Crippen molar-refractivity contribution in [3.8, 4) is 0 Å². The lowest BCUT2D eigenvalue weighted by molar-refractivity contribution is -0.151. The first kappa shape index (κ1) is 23.9. The Hall–Kier alpha value is -3.22. The molecule has 0 radical (unpaired) electrons. The number of nitrogens with zero attached hydrogens (tertiary/aromatic N) is 1. The number of esters is 1. The Morgan fingerprint density at radius 3 is 2.74 bits per heavy atom. The molecule has 1 saturated heterocycles. The molecule has 4 rings (SSSR count). The summed E-state index contributed by atoms with van der Waals surface area (Å²) in [5.74, 6) is -2.74. The minimum absolute atomic E-state index is 0.0153. The summed E-state index contributed by atoms with van der Waals surface area (Å²) in [6.45, 7) is 4.96. The number of halogens is 2. The van der Waals surface area contributed by atoms with Gasteiger partial charge in [-0.2, -0.15) is 0 Å². The number of piperidine rings is 1. The molecule has 7 heteroatoms. The highest BCUT2D eigenvalue weighted by Gasteiger charge is 2.32. The second-order valence-corrected chi connectivity index (χ2v) is 8.79. The summed E-state index contributed by atoms with van der Waals surface area (Å²) in [5.41, 5.74) is 3.15. The van der Waals surface area contributed by atoms with Crippen LogP contribution in [0, 0.1) is 17.6 Å². The molecule has 0 saturated carbocycles. The lowest BCUT2D eigenvalue weighted by Crippen LogP contribution is -2.43. The number of aromatic amines is 1. The molecule has 5 nitrogen and oxygen atoms in total. The number of para-hydroxylation sites is 1. The highest BCUT2D eigenvalue weighted by molar-refractivity contribution is 5.88. The maximum Gasteiger partial charge on any atom is 0.310 e. The highest BCUT2D eigenvalue weighted by atomic mass is 19.1. The summed E-state index contributed by atoms with van der Waals surface area (Å²) in [6.07, 6.45) is 4.05. The van der Waals surface area contributed by atoms with Crippen LogP contribution in [0.4, 0.5) is 8.78 Å². The number of fused-ring (bicyclic) bond motifs is 1. The Bertz CT molecular complexity index is 1190. The SMILES string of the molecule is CCOC(=O)[C@H]1CCCN(C(=O)C[C@@H](c2ccc(F)cc2F)c2c[nH]c3c(CC)cccc23)C1. The molecule has 1 aromatic heterocycles. The predicted octanol–water partition coefficient (Wildman–Crippen LogP) is 5.33. The Balaban J connectivity index is 1.67. The molecule has 2 atom stereocenters. The van der Waals surface area contributed by atoms with Crippen LogP contribution in [0.2, 0.25) is 0 Å². The number of H-pyrrole nitrogens is 1. The molecule has 1 amide bonds. The fourth-order valence-corrected chi connectivity index (χ4v) is 4.95. The molecule has 3 aromatic rings. The average Bonchev–Trinajstić information content (AvgIpc) is 3.27. The monoisotopic (exact) mass is 468 g/mol. The van der Waals surface area contributed by atoms with Crippen LogP contribution < -0.4 is 0 Å². The van der Waals surface area contributed by atoms with Crippen molar-refractivity contribution in [2.45, 2.75) is 45.4 Å². The standard InChI is InChI=1S/C27H30F2N2O3/c1-3-17-7-5-9-21-23(15-30-26(17)21)22(20-11-10-19(28)13-24(20)29)14-25(32)31-12-6-8-18(16-31)27(33)34-4-2/h5,7,9-11,13,15,18,22,30H,3-4,6,8,12,14,16H2,1-2H3/t18-,22-/m0/s1. The number of nitrogens with one attached hydrogen (secondary N) is 1. The van der Waals surface area contributed by atoms with Crippen LogP contribution in [0.25, 0.3) is 10.9 Å². The fraction of sp³-hybridized carbons (Fsp3) is 0.407. The zero-order chi connectivity index (χ0) is 24.2. The van der Waals surface area contributed by atoms with Gasteiger partial charge >= 0.3 is 5.97 Å². The molecule has 0 bridgehead atoms. The molecule has 180 valence electrons. The van der Waals surface area contributed by atoms with E-state index in [1.54, 1.807) is 11.8 Å². The highest BCUT2D eigenvalue weighted by Crippen LogP contribution is 2.36. The van der Waals surface area contributed by atoms with Gasteiger partial charge < -0.3 is 14.6 Å². The van der Waals surface area contributed by atoms with Crippen molar-refractivity contribution >= 4 is 22.8 Å². The van der Waals surface area contributed by atoms with Gasteiger partial charge in [-0.15, -0.1) is 0 Å². The van der Waals surface area contributed by atoms with Crippen LogP contribution >= 0.6 is 0 Å². The Morgan fingerprint density at radius 2 is 2.00 bits per heavy atom. The minimum atomic E-state index is -0.679. The number of aryl methyl sites for hydroxylation is 1. The molecule has 1 aliphatic rings. The first-order valence-electron chi connectivity index (χ1n) is 11.9. The summed E-state index contributed by atoms with van der Waals surface area (Å²) >= 11 is 0. The van der Waals surface area contributed by atoms with E-state index in [0.717, 1.165) is 34.5 Å². The van der Waals surface area contributed by atoms with Crippen LogP contribution in [0.1, 0.15) is 55.7 Å². The number of ether oxygens (including phenoxy) is 1. The number of hydrogen-bond acceptors (Lipinski definition) is 3. The second kappa shape index (κ2) is 10.4. The zero-order valence-electron chi connectivity index (χ0n) is 19.6. The molecule has 1 aliphatic heterocycles. The largest absolute Gasteiger partial charge is 0.466 e. The van der Waals surface area contributed by atoms with Gasteiger partial charge in [0.2, 0.25) is 5.91 Å². The van der Waals surface area contributed by atoms with Gasteiger partial charge in [-0.25, -0.2) is 8.78 Å². The van der Waals surface area contributed by atoms with E-state index in [2.05, 4.69) is 11.9 Å². The van der Waals surface area contributed by atoms with E-state index in [9.17, 15) is 18.4 Å². The van der Waals surface area contributed by atoms with E-state index in [4.69, 9.17) is 4.74 Å². The van der Waals surface area contributed by atoms with Crippen LogP contribution in [0.5, 0.6) is 0 Å². The van der Waals surface area contributed by atoms with Crippen molar-refractivity contribution in [1.82, 2.24) is 9.88 Å². The van der Waals surface area contributed by atoms with Gasteiger partial charge in [0.05, 0.1) is 12.5 Å². The Morgan fingerprint density at radius 1 is 1.18 bits per heavy atom. The van der Waals surface area contributed by atoms with Crippen molar-refractivity contribution in [2.75, 3.05) is 19.7 Å². The second-order valence-electron chi connectivity index (χ2n) is 8.79. The summed E-state index contributed by atoms with van der Waals surface area (Å²) in [5, 5.41) is 0.920. The minimum Gasteiger partial charge on any atom is -0.466 e.